The first-order valence-electron chi connectivity index (χ1n) is 5.48. The molecule has 0 aromatic heterocycles. The van der Waals surface area contributed by atoms with E-state index in [9.17, 15) is 15.0 Å². The molecule has 0 aromatic rings. The maximum atomic E-state index is 11.5. The molecule has 0 spiro atoms. The Labute approximate surface area is 94.7 Å². The van der Waals surface area contributed by atoms with Gasteiger partial charge in [0.25, 0.3) is 0 Å². The summed E-state index contributed by atoms with van der Waals surface area (Å²) in [7, 11) is 0. The molecule has 1 aliphatic heterocycles. The van der Waals surface area contributed by atoms with E-state index >= 15 is 0 Å². The van der Waals surface area contributed by atoms with Gasteiger partial charge in [-0.25, -0.2) is 0 Å². The lowest BCUT2D eigenvalue weighted by atomic mass is 10.1. The third-order valence-corrected chi connectivity index (χ3v) is 2.65. The summed E-state index contributed by atoms with van der Waals surface area (Å²) in [6, 6.07) is -1.03. The molecule has 6 nitrogen and oxygen atoms in total. The normalized spacial score (nSPS) is 34.4. The quantitative estimate of drug-likeness (QED) is 0.384. The summed E-state index contributed by atoms with van der Waals surface area (Å²) in [5.41, 5.74) is 0. The zero-order valence-corrected chi connectivity index (χ0v) is 9.55. The lowest BCUT2D eigenvalue weighted by Crippen LogP contribution is -2.41. The van der Waals surface area contributed by atoms with Crippen molar-refractivity contribution in [3.05, 3.63) is 0 Å². The van der Waals surface area contributed by atoms with E-state index in [0.717, 1.165) is 0 Å². The zero-order valence-electron chi connectivity index (χ0n) is 9.55. The van der Waals surface area contributed by atoms with Gasteiger partial charge in [0.2, 0.25) is 5.91 Å². The van der Waals surface area contributed by atoms with Gasteiger partial charge in [-0.2, -0.15) is 0 Å². The standard InChI is InChI=1S/C10H20N2O4/c1-5(2)11-8(14)3-6-9(15)10(16)7(4-13)12-6/h5-7,9-10,12-13,15-16H,3-4H2,1-2H3,(H,11,14)/t6-,7-,9+,10-/m1/s1. The molecule has 0 aromatic carbocycles. The van der Waals surface area contributed by atoms with Gasteiger partial charge in [0.05, 0.1) is 24.9 Å². The summed E-state index contributed by atoms with van der Waals surface area (Å²) in [5, 5.41) is 33.6. The highest BCUT2D eigenvalue weighted by Crippen LogP contribution is 2.16. The van der Waals surface area contributed by atoms with Crippen LogP contribution in [0.15, 0.2) is 0 Å². The van der Waals surface area contributed by atoms with Gasteiger partial charge in [-0.1, -0.05) is 0 Å². The maximum absolute atomic E-state index is 11.5. The minimum absolute atomic E-state index is 0.0459. The first kappa shape index (κ1) is 13.4. The van der Waals surface area contributed by atoms with Gasteiger partial charge in [-0.15, -0.1) is 0 Å². The van der Waals surface area contributed by atoms with Gasteiger partial charge in [0, 0.05) is 18.5 Å². The minimum Gasteiger partial charge on any atom is -0.395 e. The van der Waals surface area contributed by atoms with Crippen LogP contribution in [0, 0.1) is 0 Å². The second-order valence-corrected chi connectivity index (χ2v) is 4.47. The van der Waals surface area contributed by atoms with Crippen molar-refractivity contribution in [2.75, 3.05) is 6.61 Å². The predicted octanol–water partition coefficient (Wildman–Crippen LogP) is -2.04. The monoisotopic (exact) mass is 232 g/mol. The molecule has 1 aliphatic rings. The Kier molecular flexibility index (Phi) is 4.67. The van der Waals surface area contributed by atoms with Gasteiger partial charge >= 0.3 is 0 Å². The molecule has 0 bridgehead atoms. The van der Waals surface area contributed by atoms with E-state index in [1.807, 2.05) is 13.8 Å². The average Bonchev–Trinajstić information content (AvgIpc) is 2.44. The molecular formula is C10H20N2O4. The number of aliphatic hydroxyl groups excluding tert-OH is 3. The Balaban J connectivity index is 2.47. The van der Waals surface area contributed by atoms with E-state index < -0.39 is 24.3 Å². The molecule has 0 aliphatic carbocycles. The smallest absolute Gasteiger partial charge is 0.221 e. The van der Waals surface area contributed by atoms with Crippen LogP contribution in [0.4, 0.5) is 0 Å². The second-order valence-electron chi connectivity index (χ2n) is 4.47. The molecule has 0 saturated carbocycles. The van der Waals surface area contributed by atoms with Crippen LogP contribution in [0.1, 0.15) is 20.3 Å². The Morgan fingerprint density at radius 3 is 2.31 bits per heavy atom. The molecule has 5 N–H and O–H groups in total. The van der Waals surface area contributed by atoms with Gasteiger partial charge in [-0.05, 0) is 13.8 Å². The number of rotatable bonds is 4. The van der Waals surface area contributed by atoms with Crippen molar-refractivity contribution in [1.82, 2.24) is 10.6 Å². The Morgan fingerprint density at radius 2 is 1.88 bits per heavy atom. The fourth-order valence-corrected chi connectivity index (χ4v) is 1.87. The highest BCUT2D eigenvalue weighted by atomic mass is 16.3. The first-order chi connectivity index (χ1) is 7.45. The van der Waals surface area contributed by atoms with Crippen molar-refractivity contribution in [2.24, 2.45) is 0 Å². The molecule has 94 valence electrons. The summed E-state index contributed by atoms with van der Waals surface area (Å²) in [4.78, 5) is 11.5. The number of nitrogens with one attached hydrogen (secondary N) is 2. The highest BCUT2D eigenvalue weighted by Gasteiger charge is 2.41. The van der Waals surface area contributed by atoms with E-state index in [2.05, 4.69) is 10.6 Å². The van der Waals surface area contributed by atoms with Crippen molar-refractivity contribution in [3.63, 3.8) is 0 Å². The van der Waals surface area contributed by atoms with Crippen molar-refractivity contribution >= 4 is 5.91 Å². The van der Waals surface area contributed by atoms with Crippen LogP contribution in [-0.4, -0.2) is 58.2 Å². The number of carbonyl (C=O) groups is 1. The molecule has 6 heteroatoms. The number of amides is 1. The van der Waals surface area contributed by atoms with Crippen LogP contribution in [0.25, 0.3) is 0 Å². The Bertz CT molecular complexity index is 247. The van der Waals surface area contributed by atoms with Crippen LogP contribution in [0.2, 0.25) is 0 Å². The third kappa shape index (κ3) is 3.15. The average molecular weight is 232 g/mol. The summed E-state index contributed by atoms with van der Waals surface area (Å²) >= 11 is 0. The molecule has 1 fully saturated rings. The van der Waals surface area contributed by atoms with Crippen LogP contribution >= 0.6 is 0 Å². The fraction of sp³-hybridized carbons (Fsp3) is 0.900. The van der Waals surface area contributed by atoms with E-state index in [0.29, 0.717) is 0 Å². The number of hydrogen-bond acceptors (Lipinski definition) is 5. The molecule has 0 unspecified atom stereocenters. The lowest BCUT2D eigenvalue weighted by Gasteiger charge is -2.16. The highest BCUT2D eigenvalue weighted by molar-refractivity contribution is 5.77. The minimum atomic E-state index is -1.03. The van der Waals surface area contributed by atoms with E-state index in [4.69, 9.17) is 5.11 Å². The topological polar surface area (TPSA) is 102 Å². The van der Waals surface area contributed by atoms with Gasteiger partial charge in [-0.3, -0.25) is 4.79 Å². The molecule has 16 heavy (non-hydrogen) atoms. The SMILES string of the molecule is CC(C)NC(=O)C[C@H]1N[C@H](CO)[C@@H](O)[C@H]1O. The number of aliphatic hydroxyl groups is 3. The maximum Gasteiger partial charge on any atom is 0.221 e. The molecule has 1 amide bonds. The molecule has 1 heterocycles. The third-order valence-electron chi connectivity index (χ3n) is 2.65. The van der Waals surface area contributed by atoms with Crippen molar-refractivity contribution in [3.8, 4) is 0 Å². The van der Waals surface area contributed by atoms with Crippen molar-refractivity contribution < 1.29 is 20.1 Å². The first-order valence-corrected chi connectivity index (χ1v) is 5.48. The molecule has 1 rings (SSSR count). The zero-order chi connectivity index (χ0) is 12.3. The van der Waals surface area contributed by atoms with Crippen molar-refractivity contribution in [2.45, 2.75) is 50.6 Å². The molecule has 4 atom stereocenters. The summed E-state index contributed by atoms with van der Waals surface area (Å²) < 4.78 is 0. The number of hydrogen-bond donors (Lipinski definition) is 5. The summed E-state index contributed by atoms with van der Waals surface area (Å²) in [6.07, 6.45) is -1.95. The Morgan fingerprint density at radius 1 is 1.31 bits per heavy atom. The lowest BCUT2D eigenvalue weighted by molar-refractivity contribution is -0.122. The second kappa shape index (κ2) is 5.58. The largest absolute Gasteiger partial charge is 0.395 e. The Hall–Kier alpha value is -0.690. The van der Waals surface area contributed by atoms with Crippen molar-refractivity contribution in [1.29, 1.82) is 0 Å². The summed E-state index contributed by atoms with van der Waals surface area (Å²) in [6.45, 7) is 3.43. The van der Waals surface area contributed by atoms with Gasteiger partial charge in [0.1, 0.15) is 0 Å². The molecular weight excluding hydrogens is 212 g/mol. The van der Waals surface area contributed by atoms with Crippen LogP contribution in [0.3, 0.4) is 0 Å². The van der Waals surface area contributed by atoms with Crippen LogP contribution in [-0.2, 0) is 4.79 Å². The summed E-state index contributed by atoms with van der Waals surface area (Å²) in [5.74, 6) is -0.183. The van der Waals surface area contributed by atoms with E-state index in [1.165, 1.54) is 0 Å². The fourth-order valence-electron chi connectivity index (χ4n) is 1.87. The van der Waals surface area contributed by atoms with Gasteiger partial charge < -0.3 is 26.0 Å². The number of carbonyl (C=O) groups excluding carboxylic acids is 1. The van der Waals surface area contributed by atoms with Gasteiger partial charge in [0.15, 0.2) is 0 Å². The van der Waals surface area contributed by atoms with Crippen LogP contribution < -0.4 is 10.6 Å². The predicted molar refractivity (Wildman–Crippen MR) is 57.7 cm³/mol. The van der Waals surface area contributed by atoms with Crippen LogP contribution in [0.5, 0.6) is 0 Å². The van der Waals surface area contributed by atoms with E-state index in [-0.39, 0.29) is 25.0 Å². The molecule has 1 saturated heterocycles. The molecule has 0 radical (unpaired) electrons. The van der Waals surface area contributed by atoms with E-state index in [1.54, 1.807) is 0 Å².